The Bertz CT molecular complexity index is 3360. The fourth-order valence-electron chi connectivity index (χ4n) is 24.9. The van der Waals surface area contributed by atoms with E-state index in [-0.39, 0.29) is 0 Å². The second kappa shape index (κ2) is 95.7. The Morgan fingerprint density at radius 1 is 0.0733 bits per heavy atom. The standard InChI is InChI=1S/C150H246/c1-7-13-19-25-31-37-43-49-55-61-67-73-79-85-91-133-97-109-139(110-98-133)121-127-145-146(128-122-140-111-99-134(100-112-140)92-86-80-74-68-62-56-50-44-38-32-26-20-14-8-2)148(130-124-142-115-103-136(104-116-142)94-88-82-76-70-64-58-52-46-40-34-28-22-16-10-4)150(132-126-144-119-107-138(108-120-144)96-90-84-78-72-66-60-54-48-42-36-30-24-18-12-6)149(131-125-143-117-105-137(106-118-143)95-89-83-77-71-65-59-53-47-41-35-29-23-17-11-5)147(145)129-123-141-113-101-135(102-114-141)93-87-81-75-69-63-57-51-45-39-33-27-21-15-9-3/h97-120H,7-96,121-132H2,1-6H3. The molecule has 0 aliphatic rings. The molecule has 0 N–H and O–H groups in total. The average Bonchev–Trinajstić information content (AvgIpc) is 0.759. The summed E-state index contributed by atoms with van der Waals surface area (Å²) < 4.78 is 0. The predicted molar refractivity (Wildman–Crippen MR) is 674 cm³/mol. The Hall–Kier alpha value is -5.46. The summed E-state index contributed by atoms with van der Waals surface area (Å²) in [6.07, 6.45) is 139. The zero-order chi connectivity index (χ0) is 105. The molecule has 846 valence electrons. The summed E-state index contributed by atoms with van der Waals surface area (Å²) in [4.78, 5) is 0. The molecule has 0 radical (unpaired) electrons. The lowest BCUT2D eigenvalue weighted by molar-refractivity contribution is 0.535. The third-order valence-corrected chi connectivity index (χ3v) is 35.2. The molecule has 0 aliphatic carbocycles. The van der Waals surface area contributed by atoms with Crippen LogP contribution in [0.1, 0.15) is 681 Å². The summed E-state index contributed by atoms with van der Waals surface area (Å²) in [6, 6.07) is 61.5. The first-order valence-corrected chi connectivity index (χ1v) is 68.0. The molecule has 0 spiro atoms. The zero-order valence-corrected chi connectivity index (χ0v) is 101. The summed E-state index contributed by atoms with van der Waals surface area (Å²) in [7, 11) is 0. The van der Waals surface area contributed by atoms with Gasteiger partial charge in [-0.1, -0.05) is 688 Å². The van der Waals surface area contributed by atoms with Crippen LogP contribution in [-0.2, 0) is 116 Å². The summed E-state index contributed by atoms with van der Waals surface area (Å²) in [5.41, 5.74) is 28.7. The molecule has 0 atom stereocenters. The summed E-state index contributed by atoms with van der Waals surface area (Å²) in [5, 5.41) is 0. The van der Waals surface area contributed by atoms with Crippen molar-refractivity contribution in [3.8, 4) is 0 Å². The molecule has 0 nitrogen and oxygen atoms in total. The Morgan fingerprint density at radius 3 is 0.220 bits per heavy atom. The van der Waals surface area contributed by atoms with E-state index in [4.69, 9.17) is 0 Å². The van der Waals surface area contributed by atoms with Gasteiger partial charge in [0.2, 0.25) is 0 Å². The van der Waals surface area contributed by atoms with Gasteiger partial charge < -0.3 is 0 Å². The van der Waals surface area contributed by atoms with E-state index in [1.807, 2.05) is 0 Å². The number of hydrogen-bond acceptors (Lipinski definition) is 0. The highest BCUT2D eigenvalue weighted by atomic mass is 14.3. The van der Waals surface area contributed by atoms with E-state index >= 15 is 0 Å². The molecular weight excluding hydrogens is 1800 g/mol. The Balaban J connectivity index is 1.23. The van der Waals surface area contributed by atoms with E-state index in [1.165, 1.54) is 645 Å². The Morgan fingerprint density at radius 2 is 0.140 bits per heavy atom. The van der Waals surface area contributed by atoms with Gasteiger partial charge in [-0.2, -0.15) is 0 Å². The van der Waals surface area contributed by atoms with Crippen molar-refractivity contribution in [2.45, 2.75) is 696 Å². The largest absolute Gasteiger partial charge is 0.0654 e. The zero-order valence-electron chi connectivity index (χ0n) is 101. The van der Waals surface area contributed by atoms with Gasteiger partial charge >= 0.3 is 0 Å². The molecule has 0 heterocycles. The van der Waals surface area contributed by atoms with Crippen molar-refractivity contribution in [2.24, 2.45) is 0 Å². The van der Waals surface area contributed by atoms with E-state index < -0.39 is 0 Å². The van der Waals surface area contributed by atoms with Crippen molar-refractivity contribution < 1.29 is 0 Å². The lowest BCUT2D eigenvalue weighted by Crippen LogP contribution is -2.18. The number of aryl methyl sites for hydroxylation is 12. The maximum Gasteiger partial charge on any atom is -0.0233 e. The van der Waals surface area contributed by atoms with E-state index in [9.17, 15) is 0 Å². The smallest absolute Gasteiger partial charge is 0.0233 e. The number of hydrogen-bond donors (Lipinski definition) is 0. The SMILES string of the molecule is CCCCCCCCCCCCCCCCc1ccc(CCc2c(CCc3ccc(CCCCCCCCCCCCCCCC)cc3)c(CCc3ccc(CCCCCCCCCCCCCCCC)cc3)c(CCc3ccc(CCCCCCCCCCCCCCCC)cc3)c(CCc3ccc(CCCCCCCCCCCCCCCC)cc3)c2CCc2ccc(CCCCCCCCCCCCCCCC)cc2)cc1. The van der Waals surface area contributed by atoms with E-state index in [0.717, 1.165) is 77.0 Å². The van der Waals surface area contributed by atoms with Crippen LogP contribution in [0.25, 0.3) is 0 Å². The molecule has 0 aromatic heterocycles. The fraction of sp³-hybridized carbons (Fsp3) is 0.720. The van der Waals surface area contributed by atoms with Gasteiger partial charge in [-0.25, -0.2) is 0 Å². The first-order valence-electron chi connectivity index (χ1n) is 68.0. The van der Waals surface area contributed by atoms with Crippen LogP contribution in [0.4, 0.5) is 0 Å². The van der Waals surface area contributed by atoms with Crippen LogP contribution in [0.2, 0.25) is 0 Å². The second-order valence-corrected chi connectivity index (χ2v) is 48.8. The molecule has 7 aromatic rings. The minimum atomic E-state index is 1.08. The van der Waals surface area contributed by atoms with Gasteiger partial charge in [-0.05, 0) is 254 Å². The molecule has 150 heavy (non-hydrogen) atoms. The van der Waals surface area contributed by atoms with Crippen molar-refractivity contribution in [3.05, 3.63) is 246 Å². The summed E-state index contributed by atoms with van der Waals surface area (Å²) in [5.74, 6) is 0. The van der Waals surface area contributed by atoms with Gasteiger partial charge in [-0.3, -0.25) is 0 Å². The molecule has 0 aliphatic heterocycles. The quantitative estimate of drug-likeness (QED) is 0.0333. The summed E-state index contributed by atoms with van der Waals surface area (Å²) >= 11 is 0. The molecule has 0 saturated heterocycles. The lowest BCUT2D eigenvalue weighted by Gasteiger charge is -2.28. The van der Waals surface area contributed by atoms with Crippen LogP contribution in [-0.4, -0.2) is 0 Å². The van der Waals surface area contributed by atoms with Crippen molar-refractivity contribution in [3.63, 3.8) is 0 Å². The van der Waals surface area contributed by atoms with Gasteiger partial charge in [0, 0.05) is 0 Å². The highest BCUT2D eigenvalue weighted by Crippen LogP contribution is 2.38. The maximum atomic E-state index is 2.58. The maximum absolute atomic E-state index is 2.58. The molecule has 0 amide bonds. The molecule has 0 fully saturated rings. The van der Waals surface area contributed by atoms with Gasteiger partial charge in [-0.15, -0.1) is 0 Å². The second-order valence-electron chi connectivity index (χ2n) is 48.8. The Labute approximate surface area is 935 Å². The van der Waals surface area contributed by atoms with Gasteiger partial charge in [0.05, 0.1) is 0 Å². The third-order valence-electron chi connectivity index (χ3n) is 35.2. The molecular formula is C150H246. The average molecular weight is 2050 g/mol. The van der Waals surface area contributed by atoms with Crippen LogP contribution in [0, 0.1) is 0 Å². The van der Waals surface area contributed by atoms with Crippen LogP contribution < -0.4 is 0 Å². The fourth-order valence-corrected chi connectivity index (χ4v) is 24.9. The van der Waals surface area contributed by atoms with Crippen molar-refractivity contribution >= 4 is 0 Å². The molecule has 0 bridgehead atoms. The first-order chi connectivity index (χ1) is 74.4. The monoisotopic (exact) mass is 2050 g/mol. The molecule has 7 rings (SSSR count). The van der Waals surface area contributed by atoms with Crippen LogP contribution in [0.3, 0.4) is 0 Å². The van der Waals surface area contributed by atoms with E-state index in [1.54, 1.807) is 33.4 Å². The normalized spacial score (nSPS) is 11.7. The number of benzene rings is 7. The van der Waals surface area contributed by atoms with Gasteiger partial charge in [0.25, 0.3) is 0 Å². The van der Waals surface area contributed by atoms with Crippen molar-refractivity contribution in [2.75, 3.05) is 0 Å². The summed E-state index contributed by atoms with van der Waals surface area (Å²) in [6.45, 7) is 14.0. The van der Waals surface area contributed by atoms with Crippen LogP contribution >= 0.6 is 0 Å². The van der Waals surface area contributed by atoms with E-state index in [0.29, 0.717) is 0 Å². The third kappa shape index (κ3) is 68.3. The topological polar surface area (TPSA) is 0 Å². The minimum absolute atomic E-state index is 1.08. The van der Waals surface area contributed by atoms with Gasteiger partial charge in [0.1, 0.15) is 0 Å². The highest BCUT2D eigenvalue weighted by Gasteiger charge is 2.25. The van der Waals surface area contributed by atoms with Crippen molar-refractivity contribution in [1.29, 1.82) is 0 Å². The number of rotatable bonds is 108. The highest BCUT2D eigenvalue weighted by molar-refractivity contribution is 5.55. The number of unbranched alkanes of at least 4 members (excludes halogenated alkanes) is 78. The van der Waals surface area contributed by atoms with Crippen molar-refractivity contribution in [1.82, 2.24) is 0 Å². The minimum Gasteiger partial charge on any atom is -0.0654 e. The van der Waals surface area contributed by atoms with E-state index in [2.05, 4.69) is 187 Å². The molecule has 0 saturated carbocycles. The lowest BCUT2D eigenvalue weighted by atomic mass is 9.76. The van der Waals surface area contributed by atoms with Crippen LogP contribution in [0.5, 0.6) is 0 Å². The predicted octanol–water partition coefficient (Wildman–Crippen LogP) is 48.5. The Kier molecular flexibility index (Phi) is 83.9. The van der Waals surface area contributed by atoms with Gasteiger partial charge in [0.15, 0.2) is 0 Å². The van der Waals surface area contributed by atoms with Crippen LogP contribution in [0.15, 0.2) is 146 Å². The first kappa shape index (κ1) is 131. The molecule has 0 unspecified atom stereocenters. The molecule has 0 heteroatoms. The molecule has 7 aromatic carbocycles.